The molecule has 1 aromatic rings. The molecular formula is C11H14N2O2S2. The Morgan fingerprint density at radius 1 is 1.82 bits per heavy atom. The smallest absolute Gasteiger partial charge is 0.410 e. The lowest BCUT2D eigenvalue weighted by Crippen LogP contribution is -2.31. The first-order valence-corrected chi connectivity index (χ1v) is 6.73. The molecule has 1 N–H and O–H groups in total. The summed E-state index contributed by atoms with van der Waals surface area (Å²) in [5.41, 5.74) is 1.01. The fourth-order valence-corrected chi connectivity index (χ4v) is 2.87. The Morgan fingerprint density at radius 3 is 3.29 bits per heavy atom. The van der Waals surface area contributed by atoms with Crippen molar-refractivity contribution in [3.05, 3.63) is 27.7 Å². The van der Waals surface area contributed by atoms with E-state index < -0.39 is 0 Å². The molecule has 1 saturated heterocycles. The van der Waals surface area contributed by atoms with Gasteiger partial charge in [-0.2, -0.15) is 0 Å². The molecule has 1 atom stereocenters. The molecule has 1 aliphatic heterocycles. The predicted octanol–water partition coefficient (Wildman–Crippen LogP) is 3.27. The first-order chi connectivity index (χ1) is 8.22. The number of H-pyrrole nitrogens is 1. The van der Waals surface area contributed by atoms with Crippen LogP contribution in [-0.4, -0.2) is 29.1 Å². The molecule has 0 radical (unpaired) electrons. The number of ether oxygens (including phenoxy) is 1. The number of nitrogens with zero attached hydrogens (tertiary/aromatic N) is 1. The van der Waals surface area contributed by atoms with Gasteiger partial charge < -0.3 is 9.72 Å². The number of rotatable bonds is 3. The Hall–Kier alpha value is -1.14. The van der Waals surface area contributed by atoms with Crippen molar-refractivity contribution in [3.8, 4) is 0 Å². The number of hydrogen-bond acceptors (Lipinski definition) is 4. The highest BCUT2D eigenvalue weighted by molar-refractivity contribution is 7.73. The van der Waals surface area contributed by atoms with E-state index in [1.165, 1.54) is 11.3 Å². The van der Waals surface area contributed by atoms with Crippen molar-refractivity contribution in [1.82, 2.24) is 9.88 Å². The largest absolute Gasteiger partial charge is 0.445 e. The summed E-state index contributed by atoms with van der Waals surface area (Å²) in [4.78, 5) is 16.7. The molecule has 1 aromatic heterocycles. The van der Waals surface area contributed by atoms with E-state index in [0.29, 0.717) is 0 Å². The fraction of sp³-hybridized carbons (Fsp3) is 0.455. The first-order valence-electron chi connectivity index (χ1n) is 5.44. The number of amides is 1. The van der Waals surface area contributed by atoms with Crippen LogP contribution in [0.1, 0.15) is 24.6 Å². The third-order valence-corrected chi connectivity index (χ3v) is 3.79. The second-order valence-corrected chi connectivity index (χ2v) is 5.37. The van der Waals surface area contributed by atoms with Crippen LogP contribution in [0, 0.1) is 3.95 Å². The summed E-state index contributed by atoms with van der Waals surface area (Å²) in [5, 5.41) is 1.98. The SMILES string of the molecule is C=CCOC(=O)N1CCC[C@@H]1c1csc(=S)[nH]1. The van der Waals surface area contributed by atoms with Gasteiger partial charge in [0.15, 0.2) is 3.95 Å². The number of thiazole rings is 1. The van der Waals surface area contributed by atoms with E-state index in [2.05, 4.69) is 11.6 Å². The summed E-state index contributed by atoms with van der Waals surface area (Å²) in [6.45, 7) is 4.51. The highest BCUT2D eigenvalue weighted by Gasteiger charge is 2.31. The molecule has 2 rings (SSSR count). The van der Waals surface area contributed by atoms with Gasteiger partial charge in [0.25, 0.3) is 0 Å². The number of carbonyl (C=O) groups excluding carboxylic acids is 1. The van der Waals surface area contributed by atoms with Crippen molar-refractivity contribution in [1.29, 1.82) is 0 Å². The average molecular weight is 270 g/mol. The van der Waals surface area contributed by atoms with Gasteiger partial charge in [0.2, 0.25) is 0 Å². The number of hydrogen-bond donors (Lipinski definition) is 1. The molecule has 4 nitrogen and oxygen atoms in total. The van der Waals surface area contributed by atoms with Crippen molar-refractivity contribution in [2.45, 2.75) is 18.9 Å². The zero-order chi connectivity index (χ0) is 12.3. The summed E-state index contributed by atoms with van der Waals surface area (Å²) >= 11 is 6.54. The van der Waals surface area contributed by atoms with Crippen LogP contribution in [-0.2, 0) is 4.74 Å². The minimum absolute atomic E-state index is 0.0697. The normalized spacial score (nSPS) is 19.3. The molecule has 17 heavy (non-hydrogen) atoms. The van der Waals surface area contributed by atoms with Crippen LogP contribution in [0.5, 0.6) is 0 Å². The van der Waals surface area contributed by atoms with Crippen LogP contribution in [0.25, 0.3) is 0 Å². The Kier molecular flexibility index (Phi) is 3.96. The van der Waals surface area contributed by atoms with E-state index >= 15 is 0 Å². The molecule has 0 bridgehead atoms. The summed E-state index contributed by atoms with van der Waals surface area (Å²) in [6, 6.07) is 0.0697. The highest BCUT2D eigenvalue weighted by Crippen LogP contribution is 2.32. The van der Waals surface area contributed by atoms with E-state index in [1.54, 1.807) is 11.0 Å². The van der Waals surface area contributed by atoms with Gasteiger partial charge in [0, 0.05) is 17.6 Å². The average Bonchev–Trinajstić information content (AvgIpc) is 2.93. The van der Waals surface area contributed by atoms with Gasteiger partial charge in [-0.25, -0.2) is 4.79 Å². The molecular weight excluding hydrogens is 256 g/mol. The molecule has 0 unspecified atom stereocenters. The van der Waals surface area contributed by atoms with Crippen molar-refractivity contribution in [2.24, 2.45) is 0 Å². The Morgan fingerprint density at radius 2 is 2.65 bits per heavy atom. The monoisotopic (exact) mass is 270 g/mol. The standard InChI is InChI=1S/C11H14N2O2S2/c1-2-6-15-11(14)13-5-3-4-9(13)8-7-17-10(16)12-8/h2,7,9H,1,3-6H2,(H,12,16)/t9-/m1/s1. The molecule has 1 amide bonds. The van der Waals surface area contributed by atoms with Crippen LogP contribution in [0.2, 0.25) is 0 Å². The second-order valence-electron chi connectivity index (χ2n) is 3.82. The van der Waals surface area contributed by atoms with Gasteiger partial charge >= 0.3 is 6.09 Å². The lowest BCUT2D eigenvalue weighted by Gasteiger charge is -2.22. The number of carbonyl (C=O) groups is 1. The zero-order valence-electron chi connectivity index (χ0n) is 9.35. The quantitative estimate of drug-likeness (QED) is 0.677. The topological polar surface area (TPSA) is 45.3 Å². The minimum Gasteiger partial charge on any atom is -0.445 e. The summed E-state index contributed by atoms with van der Waals surface area (Å²) in [7, 11) is 0. The van der Waals surface area contributed by atoms with Crippen LogP contribution in [0.15, 0.2) is 18.0 Å². The van der Waals surface area contributed by atoms with Gasteiger partial charge in [-0.05, 0) is 25.1 Å². The lowest BCUT2D eigenvalue weighted by molar-refractivity contribution is 0.107. The van der Waals surface area contributed by atoms with Crippen LogP contribution >= 0.6 is 23.6 Å². The van der Waals surface area contributed by atoms with Gasteiger partial charge in [-0.1, -0.05) is 12.7 Å². The number of nitrogens with one attached hydrogen (secondary N) is 1. The number of likely N-dealkylation sites (tertiary alicyclic amines) is 1. The van der Waals surface area contributed by atoms with Crippen LogP contribution < -0.4 is 0 Å². The molecule has 0 saturated carbocycles. The molecule has 0 aromatic carbocycles. The lowest BCUT2D eigenvalue weighted by atomic mass is 10.2. The Balaban J connectivity index is 2.09. The molecule has 1 aliphatic rings. The van der Waals surface area contributed by atoms with E-state index in [0.717, 1.165) is 29.0 Å². The van der Waals surface area contributed by atoms with E-state index in [9.17, 15) is 4.79 Å². The molecule has 0 spiro atoms. The van der Waals surface area contributed by atoms with Crippen molar-refractivity contribution in [3.63, 3.8) is 0 Å². The maximum Gasteiger partial charge on any atom is 0.410 e. The third-order valence-electron chi connectivity index (χ3n) is 2.71. The Labute approximate surface area is 109 Å². The third kappa shape index (κ3) is 2.76. The molecule has 0 aliphatic carbocycles. The zero-order valence-corrected chi connectivity index (χ0v) is 11.0. The van der Waals surface area contributed by atoms with Crippen LogP contribution in [0.4, 0.5) is 4.79 Å². The minimum atomic E-state index is -0.280. The molecule has 6 heteroatoms. The number of aromatic amines is 1. The summed E-state index contributed by atoms with van der Waals surface area (Å²) in [6.07, 6.45) is 3.23. The van der Waals surface area contributed by atoms with Crippen LogP contribution in [0.3, 0.4) is 0 Å². The maximum absolute atomic E-state index is 11.8. The molecule has 92 valence electrons. The maximum atomic E-state index is 11.8. The first kappa shape index (κ1) is 12.3. The van der Waals surface area contributed by atoms with E-state index in [-0.39, 0.29) is 18.7 Å². The molecule has 1 fully saturated rings. The highest BCUT2D eigenvalue weighted by atomic mass is 32.1. The van der Waals surface area contributed by atoms with Crippen molar-refractivity contribution >= 4 is 29.6 Å². The van der Waals surface area contributed by atoms with Gasteiger partial charge in [-0.3, -0.25) is 4.90 Å². The van der Waals surface area contributed by atoms with Crippen molar-refractivity contribution in [2.75, 3.05) is 13.2 Å². The summed E-state index contributed by atoms with van der Waals surface area (Å²) < 4.78 is 5.81. The Bertz CT molecular complexity index is 466. The van der Waals surface area contributed by atoms with E-state index in [4.69, 9.17) is 17.0 Å². The number of aromatic nitrogens is 1. The van der Waals surface area contributed by atoms with Gasteiger partial charge in [0.1, 0.15) is 6.61 Å². The molecule has 2 heterocycles. The predicted molar refractivity (Wildman–Crippen MR) is 69.7 cm³/mol. The summed E-state index contributed by atoms with van der Waals surface area (Å²) in [5.74, 6) is 0. The van der Waals surface area contributed by atoms with Crippen molar-refractivity contribution < 1.29 is 9.53 Å². The van der Waals surface area contributed by atoms with Gasteiger partial charge in [-0.15, -0.1) is 11.3 Å². The second kappa shape index (κ2) is 5.46. The van der Waals surface area contributed by atoms with Gasteiger partial charge in [0.05, 0.1) is 6.04 Å². The fourth-order valence-electron chi connectivity index (χ4n) is 1.98. The van der Waals surface area contributed by atoms with E-state index in [1.807, 2.05) is 5.38 Å².